The molecular formula is C16H23N3O3. The molecular weight excluding hydrogens is 282 g/mol. The number of carbonyl (C=O) groups is 1. The third kappa shape index (κ3) is 3.51. The lowest BCUT2D eigenvalue weighted by molar-refractivity contribution is -0.118. The summed E-state index contributed by atoms with van der Waals surface area (Å²) in [5, 5.41) is 2.93. The Morgan fingerprint density at radius 3 is 3.05 bits per heavy atom. The second-order valence-corrected chi connectivity index (χ2v) is 5.81. The molecule has 0 radical (unpaired) electrons. The summed E-state index contributed by atoms with van der Waals surface area (Å²) in [6.45, 7) is 2.30. The van der Waals surface area contributed by atoms with E-state index in [0.717, 1.165) is 37.2 Å². The van der Waals surface area contributed by atoms with Crippen molar-refractivity contribution in [2.75, 3.05) is 31.7 Å². The highest BCUT2D eigenvalue weighted by Crippen LogP contribution is 2.34. The second kappa shape index (κ2) is 6.98. The maximum absolute atomic E-state index is 12.3. The highest BCUT2D eigenvalue weighted by atomic mass is 16.7. The number of anilines is 1. The van der Waals surface area contributed by atoms with Crippen molar-refractivity contribution in [3.05, 3.63) is 18.2 Å². The average molecular weight is 305 g/mol. The summed E-state index contributed by atoms with van der Waals surface area (Å²) in [6.07, 6.45) is 4.47. The summed E-state index contributed by atoms with van der Waals surface area (Å²) < 4.78 is 10.6. The van der Waals surface area contributed by atoms with Crippen LogP contribution in [0.25, 0.3) is 0 Å². The van der Waals surface area contributed by atoms with Gasteiger partial charge in [0.2, 0.25) is 12.7 Å². The van der Waals surface area contributed by atoms with Crippen molar-refractivity contribution in [2.45, 2.75) is 31.7 Å². The van der Waals surface area contributed by atoms with Crippen LogP contribution in [0.4, 0.5) is 5.69 Å². The monoisotopic (exact) mass is 305 g/mol. The van der Waals surface area contributed by atoms with Gasteiger partial charge in [0.25, 0.3) is 0 Å². The van der Waals surface area contributed by atoms with Gasteiger partial charge < -0.3 is 20.5 Å². The minimum atomic E-state index is 0.00258. The lowest BCUT2D eigenvalue weighted by atomic mass is 9.99. The standard InChI is InChI=1S/C16H23N3O3/c17-7-6-13-3-1-2-8-19(13)10-16(20)18-12-4-5-14-15(9-12)22-11-21-14/h4-5,9,13H,1-3,6-8,10-11,17H2,(H,18,20). The van der Waals surface area contributed by atoms with Crippen LogP contribution in [0.2, 0.25) is 0 Å². The van der Waals surface area contributed by atoms with Crippen LogP contribution in [0.15, 0.2) is 18.2 Å². The molecule has 1 atom stereocenters. The van der Waals surface area contributed by atoms with Crippen LogP contribution in [-0.4, -0.2) is 43.3 Å². The van der Waals surface area contributed by atoms with E-state index in [4.69, 9.17) is 15.2 Å². The van der Waals surface area contributed by atoms with E-state index in [0.29, 0.717) is 24.9 Å². The van der Waals surface area contributed by atoms with Gasteiger partial charge in [-0.05, 0) is 44.5 Å². The minimum absolute atomic E-state index is 0.00258. The fourth-order valence-electron chi connectivity index (χ4n) is 3.15. The second-order valence-electron chi connectivity index (χ2n) is 5.81. The molecule has 1 amide bonds. The van der Waals surface area contributed by atoms with Gasteiger partial charge in [0, 0.05) is 17.8 Å². The van der Waals surface area contributed by atoms with Crippen molar-refractivity contribution in [3.63, 3.8) is 0 Å². The number of fused-ring (bicyclic) bond motifs is 1. The number of nitrogens with one attached hydrogen (secondary N) is 1. The average Bonchev–Trinajstić information content (AvgIpc) is 2.97. The summed E-state index contributed by atoms with van der Waals surface area (Å²) >= 11 is 0. The van der Waals surface area contributed by atoms with Gasteiger partial charge in [-0.1, -0.05) is 6.42 Å². The topological polar surface area (TPSA) is 76.8 Å². The quantitative estimate of drug-likeness (QED) is 0.863. The van der Waals surface area contributed by atoms with E-state index in [2.05, 4.69) is 10.2 Å². The van der Waals surface area contributed by atoms with Gasteiger partial charge in [0.15, 0.2) is 11.5 Å². The molecule has 0 aromatic heterocycles. The van der Waals surface area contributed by atoms with Gasteiger partial charge >= 0.3 is 0 Å². The Hall–Kier alpha value is -1.79. The molecule has 2 aliphatic rings. The largest absolute Gasteiger partial charge is 0.454 e. The predicted octanol–water partition coefficient (Wildman–Crippen LogP) is 1.56. The van der Waals surface area contributed by atoms with Gasteiger partial charge in [-0.3, -0.25) is 9.69 Å². The molecule has 6 heteroatoms. The third-order valence-electron chi connectivity index (χ3n) is 4.25. The van der Waals surface area contributed by atoms with Crippen molar-refractivity contribution < 1.29 is 14.3 Å². The van der Waals surface area contributed by atoms with Gasteiger partial charge in [0.1, 0.15) is 0 Å². The Balaban J connectivity index is 1.57. The van der Waals surface area contributed by atoms with E-state index >= 15 is 0 Å². The van der Waals surface area contributed by atoms with Crippen LogP contribution in [0, 0.1) is 0 Å². The molecule has 0 spiro atoms. The van der Waals surface area contributed by atoms with Gasteiger partial charge in [-0.25, -0.2) is 0 Å². The lowest BCUT2D eigenvalue weighted by Crippen LogP contribution is -2.44. The fourth-order valence-corrected chi connectivity index (χ4v) is 3.15. The molecule has 2 aliphatic heterocycles. The predicted molar refractivity (Wildman–Crippen MR) is 84.1 cm³/mol. The molecule has 3 N–H and O–H groups in total. The summed E-state index contributed by atoms with van der Waals surface area (Å²) in [6, 6.07) is 5.88. The number of nitrogens with zero attached hydrogens (tertiary/aromatic N) is 1. The van der Waals surface area contributed by atoms with Crippen molar-refractivity contribution in [2.24, 2.45) is 5.73 Å². The van der Waals surface area contributed by atoms with Crippen LogP contribution < -0.4 is 20.5 Å². The van der Waals surface area contributed by atoms with E-state index < -0.39 is 0 Å². The number of ether oxygens (including phenoxy) is 2. The van der Waals surface area contributed by atoms with Crippen molar-refractivity contribution >= 4 is 11.6 Å². The first kappa shape index (κ1) is 15.1. The number of hydrogen-bond acceptors (Lipinski definition) is 5. The Bertz CT molecular complexity index is 533. The highest BCUT2D eigenvalue weighted by Gasteiger charge is 2.23. The summed E-state index contributed by atoms with van der Waals surface area (Å²) in [4.78, 5) is 14.5. The SMILES string of the molecule is NCCC1CCCCN1CC(=O)Nc1ccc2c(c1)OCO2. The molecule has 0 saturated carbocycles. The maximum atomic E-state index is 12.3. The number of carbonyl (C=O) groups excluding carboxylic acids is 1. The molecule has 1 aromatic rings. The molecule has 2 heterocycles. The van der Waals surface area contributed by atoms with Crippen molar-refractivity contribution in [3.8, 4) is 11.5 Å². The highest BCUT2D eigenvalue weighted by molar-refractivity contribution is 5.92. The number of piperidine rings is 1. The van der Waals surface area contributed by atoms with Gasteiger partial charge in [-0.2, -0.15) is 0 Å². The first-order chi connectivity index (χ1) is 10.8. The molecule has 3 rings (SSSR count). The molecule has 1 saturated heterocycles. The molecule has 1 aromatic carbocycles. The zero-order valence-corrected chi connectivity index (χ0v) is 12.7. The van der Waals surface area contributed by atoms with Gasteiger partial charge in [-0.15, -0.1) is 0 Å². The van der Waals surface area contributed by atoms with Crippen LogP contribution in [0.1, 0.15) is 25.7 Å². The number of rotatable bonds is 5. The smallest absolute Gasteiger partial charge is 0.238 e. The third-order valence-corrected chi connectivity index (χ3v) is 4.25. The van der Waals surface area contributed by atoms with E-state index in [-0.39, 0.29) is 12.7 Å². The lowest BCUT2D eigenvalue weighted by Gasteiger charge is -2.35. The normalized spacial score (nSPS) is 20.9. The number of hydrogen-bond donors (Lipinski definition) is 2. The van der Waals surface area contributed by atoms with E-state index in [9.17, 15) is 4.79 Å². The first-order valence-electron chi connectivity index (χ1n) is 7.90. The van der Waals surface area contributed by atoms with E-state index in [1.165, 1.54) is 6.42 Å². The zero-order valence-electron chi connectivity index (χ0n) is 12.7. The summed E-state index contributed by atoms with van der Waals surface area (Å²) in [5.41, 5.74) is 6.41. The molecule has 1 unspecified atom stereocenters. The summed E-state index contributed by atoms with van der Waals surface area (Å²) in [7, 11) is 0. The van der Waals surface area contributed by atoms with E-state index in [1.807, 2.05) is 12.1 Å². The molecule has 0 bridgehead atoms. The van der Waals surface area contributed by atoms with E-state index in [1.54, 1.807) is 6.07 Å². The van der Waals surface area contributed by atoms with Crippen LogP contribution in [-0.2, 0) is 4.79 Å². The number of likely N-dealkylation sites (tertiary alicyclic amines) is 1. The minimum Gasteiger partial charge on any atom is -0.454 e. The Morgan fingerprint density at radius 2 is 2.18 bits per heavy atom. The van der Waals surface area contributed by atoms with Crippen LogP contribution >= 0.6 is 0 Å². The first-order valence-corrected chi connectivity index (χ1v) is 7.90. The van der Waals surface area contributed by atoms with Gasteiger partial charge in [0.05, 0.1) is 6.54 Å². The molecule has 6 nitrogen and oxygen atoms in total. The fraction of sp³-hybridized carbons (Fsp3) is 0.562. The molecule has 1 fully saturated rings. The number of benzene rings is 1. The van der Waals surface area contributed by atoms with Crippen LogP contribution in [0.3, 0.4) is 0 Å². The Labute approximate surface area is 130 Å². The molecule has 120 valence electrons. The Kier molecular flexibility index (Phi) is 4.80. The maximum Gasteiger partial charge on any atom is 0.238 e. The number of nitrogens with two attached hydrogens (primary N) is 1. The zero-order chi connectivity index (χ0) is 15.4. The Morgan fingerprint density at radius 1 is 1.32 bits per heavy atom. The molecule has 0 aliphatic carbocycles. The van der Waals surface area contributed by atoms with Crippen LogP contribution in [0.5, 0.6) is 11.5 Å². The summed E-state index contributed by atoms with van der Waals surface area (Å²) in [5.74, 6) is 1.40. The number of amides is 1. The molecule has 22 heavy (non-hydrogen) atoms. The van der Waals surface area contributed by atoms with Crippen molar-refractivity contribution in [1.82, 2.24) is 4.90 Å². The van der Waals surface area contributed by atoms with Crippen molar-refractivity contribution in [1.29, 1.82) is 0 Å².